The molecule has 0 amide bonds. The fourth-order valence-corrected chi connectivity index (χ4v) is 2.71. The van der Waals surface area contributed by atoms with E-state index in [0.717, 1.165) is 16.9 Å². The largest absolute Gasteiger partial charge is 0.495 e. The summed E-state index contributed by atoms with van der Waals surface area (Å²) in [7, 11) is 3.50. The first-order valence-corrected chi connectivity index (χ1v) is 7.60. The fourth-order valence-electron chi connectivity index (χ4n) is 2.25. The average Bonchev–Trinajstić information content (AvgIpc) is 2.78. The van der Waals surface area contributed by atoms with Crippen LogP contribution in [0.5, 0.6) is 5.75 Å². The van der Waals surface area contributed by atoms with Gasteiger partial charge in [0.25, 0.3) is 0 Å². The molecular formula is C15H19ClN4OS. The summed E-state index contributed by atoms with van der Waals surface area (Å²) in [5.41, 5.74) is 2.80. The molecule has 0 saturated carbocycles. The highest BCUT2D eigenvalue weighted by molar-refractivity contribution is 7.80. The van der Waals surface area contributed by atoms with E-state index in [-0.39, 0.29) is 6.04 Å². The number of halogens is 1. The number of nitrogens with zero attached hydrogens (tertiary/aromatic N) is 2. The molecule has 5 nitrogen and oxygen atoms in total. The summed E-state index contributed by atoms with van der Waals surface area (Å²) in [6, 6.07) is 5.37. The Balaban J connectivity index is 2.07. The summed E-state index contributed by atoms with van der Waals surface area (Å²) in [5.74, 6) is 0.679. The lowest BCUT2D eigenvalue weighted by Crippen LogP contribution is -2.31. The number of hydrogen-bond acceptors (Lipinski definition) is 3. The van der Waals surface area contributed by atoms with Gasteiger partial charge in [0.15, 0.2) is 5.11 Å². The number of rotatable bonds is 4. The molecule has 1 aromatic carbocycles. The lowest BCUT2D eigenvalue weighted by molar-refractivity contribution is 0.417. The van der Waals surface area contributed by atoms with E-state index in [4.69, 9.17) is 28.6 Å². The third-order valence-corrected chi connectivity index (χ3v) is 3.73. The fraction of sp³-hybridized carbons (Fsp3) is 0.333. The molecule has 1 heterocycles. The zero-order valence-corrected chi connectivity index (χ0v) is 14.5. The van der Waals surface area contributed by atoms with E-state index in [0.29, 0.717) is 15.9 Å². The summed E-state index contributed by atoms with van der Waals surface area (Å²) in [6.07, 6.45) is 1.98. The Labute approximate surface area is 140 Å². The minimum absolute atomic E-state index is 0.0406. The van der Waals surface area contributed by atoms with Crippen LogP contribution in [0.4, 0.5) is 5.69 Å². The van der Waals surface area contributed by atoms with Crippen LogP contribution in [0.15, 0.2) is 24.4 Å². The molecule has 22 heavy (non-hydrogen) atoms. The number of aromatic nitrogens is 2. The van der Waals surface area contributed by atoms with Gasteiger partial charge in [0, 0.05) is 23.8 Å². The lowest BCUT2D eigenvalue weighted by atomic mass is 10.1. The molecule has 7 heteroatoms. The first kappa shape index (κ1) is 16.6. The predicted molar refractivity (Wildman–Crippen MR) is 93.7 cm³/mol. The number of benzene rings is 1. The maximum atomic E-state index is 6.01. The van der Waals surface area contributed by atoms with Gasteiger partial charge < -0.3 is 15.4 Å². The van der Waals surface area contributed by atoms with E-state index in [1.54, 1.807) is 30.0 Å². The number of anilines is 1. The van der Waals surface area contributed by atoms with Gasteiger partial charge in [-0.15, -0.1) is 0 Å². The van der Waals surface area contributed by atoms with E-state index in [1.165, 1.54) is 0 Å². The molecule has 0 aliphatic carbocycles. The maximum Gasteiger partial charge on any atom is 0.171 e. The SMILES string of the molecule is COc1ccc(Cl)cc1NC(=S)NC(C)c1cn(C)nc1C. The number of thiocarbonyl (C=S) groups is 1. The molecule has 0 bridgehead atoms. The minimum Gasteiger partial charge on any atom is -0.495 e. The van der Waals surface area contributed by atoms with Crippen molar-refractivity contribution >= 4 is 34.6 Å². The van der Waals surface area contributed by atoms with E-state index in [2.05, 4.69) is 15.7 Å². The standard InChI is InChI=1S/C15H19ClN4OS/c1-9(12-8-20(3)19-10(12)2)17-15(22)18-13-7-11(16)5-6-14(13)21-4/h5-9H,1-4H3,(H2,17,18,22). The quantitative estimate of drug-likeness (QED) is 0.836. The monoisotopic (exact) mass is 338 g/mol. The molecular weight excluding hydrogens is 320 g/mol. The average molecular weight is 339 g/mol. The third kappa shape index (κ3) is 3.90. The Morgan fingerprint density at radius 2 is 2.18 bits per heavy atom. The van der Waals surface area contributed by atoms with Crippen LogP contribution in [0, 0.1) is 6.92 Å². The van der Waals surface area contributed by atoms with Gasteiger partial charge in [-0.05, 0) is 44.3 Å². The second kappa shape index (κ2) is 6.98. The van der Waals surface area contributed by atoms with Crippen molar-refractivity contribution < 1.29 is 4.74 Å². The number of methoxy groups -OCH3 is 1. The first-order valence-electron chi connectivity index (χ1n) is 6.82. The highest BCUT2D eigenvalue weighted by Gasteiger charge is 2.13. The van der Waals surface area contributed by atoms with Crippen molar-refractivity contribution in [2.45, 2.75) is 19.9 Å². The second-order valence-corrected chi connectivity index (χ2v) is 5.85. The summed E-state index contributed by atoms with van der Waals surface area (Å²) >= 11 is 11.4. The summed E-state index contributed by atoms with van der Waals surface area (Å²) < 4.78 is 7.08. The van der Waals surface area contributed by atoms with Gasteiger partial charge in [-0.3, -0.25) is 4.68 Å². The van der Waals surface area contributed by atoms with Crippen LogP contribution in [0.1, 0.15) is 24.2 Å². The number of ether oxygens (including phenoxy) is 1. The number of aryl methyl sites for hydroxylation is 2. The summed E-state index contributed by atoms with van der Waals surface area (Å²) in [5, 5.41) is 11.8. The molecule has 2 aromatic rings. The molecule has 1 aromatic heterocycles. The van der Waals surface area contributed by atoms with Gasteiger partial charge in [0.2, 0.25) is 0 Å². The zero-order chi connectivity index (χ0) is 16.3. The van der Waals surface area contributed by atoms with E-state index < -0.39 is 0 Å². The van der Waals surface area contributed by atoms with Gasteiger partial charge in [0.1, 0.15) is 5.75 Å². The van der Waals surface area contributed by atoms with Crippen LogP contribution in [0.2, 0.25) is 5.02 Å². The summed E-state index contributed by atoms with van der Waals surface area (Å²) in [4.78, 5) is 0. The molecule has 0 radical (unpaired) electrons. The van der Waals surface area contributed by atoms with Crippen LogP contribution in [0.3, 0.4) is 0 Å². The van der Waals surface area contributed by atoms with Crippen LogP contribution in [0.25, 0.3) is 0 Å². The van der Waals surface area contributed by atoms with Crippen molar-refractivity contribution in [2.75, 3.05) is 12.4 Å². The highest BCUT2D eigenvalue weighted by atomic mass is 35.5. The lowest BCUT2D eigenvalue weighted by Gasteiger charge is -2.18. The van der Waals surface area contributed by atoms with E-state index in [9.17, 15) is 0 Å². The van der Waals surface area contributed by atoms with Gasteiger partial charge in [-0.2, -0.15) is 5.10 Å². The Hall–Kier alpha value is -1.79. The molecule has 0 aliphatic rings. The Morgan fingerprint density at radius 3 is 2.77 bits per heavy atom. The predicted octanol–water partition coefficient (Wildman–Crippen LogP) is 3.44. The first-order chi connectivity index (χ1) is 10.4. The summed E-state index contributed by atoms with van der Waals surface area (Å²) in [6.45, 7) is 4.01. The topological polar surface area (TPSA) is 51.1 Å². The van der Waals surface area contributed by atoms with Crippen molar-refractivity contribution in [1.29, 1.82) is 0 Å². The van der Waals surface area contributed by atoms with Crippen LogP contribution in [-0.4, -0.2) is 22.0 Å². The smallest absolute Gasteiger partial charge is 0.171 e. The minimum atomic E-state index is 0.0406. The van der Waals surface area contributed by atoms with Crippen molar-refractivity contribution in [3.8, 4) is 5.75 Å². The van der Waals surface area contributed by atoms with Gasteiger partial charge in [-0.25, -0.2) is 0 Å². The molecule has 2 N–H and O–H groups in total. The maximum absolute atomic E-state index is 6.01. The third-order valence-electron chi connectivity index (χ3n) is 3.28. The van der Waals surface area contributed by atoms with Gasteiger partial charge in [0.05, 0.1) is 24.5 Å². The van der Waals surface area contributed by atoms with E-state index >= 15 is 0 Å². The zero-order valence-electron chi connectivity index (χ0n) is 13.0. The highest BCUT2D eigenvalue weighted by Crippen LogP contribution is 2.27. The van der Waals surface area contributed by atoms with Crippen molar-refractivity contribution in [1.82, 2.24) is 15.1 Å². The van der Waals surface area contributed by atoms with Crippen molar-refractivity contribution in [2.24, 2.45) is 7.05 Å². The molecule has 0 aliphatic heterocycles. The van der Waals surface area contributed by atoms with Crippen LogP contribution < -0.4 is 15.4 Å². The van der Waals surface area contributed by atoms with Crippen LogP contribution in [-0.2, 0) is 7.05 Å². The second-order valence-electron chi connectivity index (χ2n) is 5.01. The Kier molecular flexibility index (Phi) is 5.26. The molecule has 0 saturated heterocycles. The number of hydrogen-bond donors (Lipinski definition) is 2. The van der Waals surface area contributed by atoms with Crippen LogP contribution >= 0.6 is 23.8 Å². The Bertz CT molecular complexity index is 686. The Morgan fingerprint density at radius 1 is 1.45 bits per heavy atom. The van der Waals surface area contributed by atoms with Gasteiger partial charge >= 0.3 is 0 Å². The molecule has 1 atom stereocenters. The molecule has 2 rings (SSSR count). The van der Waals surface area contributed by atoms with Crippen molar-refractivity contribution in [3.63, 3.8) is 0 Å². The molecule has 118 valence electrons. The number of nitrogens with one attached hydrogen (secondary N) is 2. The molecule has 1 unspecified atom stereocenters. The van der Waals surface area contributed by atoms with Gasteiger partial charge in [-0.1, -0.05) is 11.6 Å². The normalized spacial score (nSPS) is 11.9. The van der Waals surface area contributed by atoms with E-state index in [1.807, 2.05) is 27.1 Å². The molecule has 0 spiro atoms. The van der Waals surface area contributed by atoms with Crippen molar-refractivity contribution in [3.05, 3.63) is 40.7 Å². The molecule has 0 fully saturated rings.